The van der Waals surface area contributed by atoms with Crippen molar-refractivity contribution in [3.63, 3.8) is 0 Å². The normalized spacial score (nSPS) is 9.78. The first-order valence-electron chi connectivity index (χ1n) is 4.71. The molecule has 0 saturated carbocycles. The molecule has 1 aromatic carbocycles. The topological polar surface area (TPSA) is 69.7 Å². The summed E-state index contributed by atoms with van der Waals surface area (Å²) in [4.78, 5) is 33.2. The highest BCUT2D eigenvalue weighted by Crippen LogP contribution is 2.36. The minimum absolute atomic E-state index is 0.0592. The van der Waals surface area contributed by atoms with Gasteiger partial charge >= 0.3 is 11.9 Å². The first-order chi connectivity index (χ1) is 8.31. The maximum atomic E-state index is 11.3. The number of carbonyl (C=O) groups is 3. The van der Waals surface area contributed by atoms with Crippen LogP contribution in [-0.4, -0.2) is 17.2 Å². The Labute approximate surface area is 116 Å². The molecule has 0 bridgehead atoms. The fraction of sp³-hybridized carbons (Fsp3) is 0.182. The van der Waals surface area contributed by atoms with E-state index < -0.39 is 17.2 Å². The predicted octanol–water partition coefficient (Wildman–Crippen LogP) is 2.68. The van der Waals surface area contributed by atoms with Gasteiger partial charge in [0.05, 0.1) is 5.56 Å². The van der Waals surface area contributed by atoms with E-state index in [1.165, 1.54) is 19.1 Å². The van der Waals surface area contributed by atoms with E-state index in [0.717, 1.165) is 6.92 Å². The number of hydrogen-bond donors (Lipinski definition) is 0. The molecule has 0 N–H and O–H groups in total. The van der Waals surface area contributed by atoms with Crippen molar-refractivity contribution in [1.29, 1.82) is 0 Å². The van der Waals surface area contributed by atoms with Crippen molar-refractivity contribution in [2.75, 3.05) is 0 Å². The molecular formula is C11H8BrClO5. The third kappa shape index (κ3) is 3.82. The first-order valence-corrected chi connectivity index (χ1v) is 5.88. The summed E-state index contributed by atoms with van der Waals surface area (Å²) >= 11 is 8.51. The van der Waals surface area contributed by atoms with Gasteiger partial charge in [0.25, 0.3) is 5.24 Å². The minimum Gasteiger partial charge on any atom is -0.423 e. The van der Waals surface area contributed by atoms with Crippen molar-refractivity contribution in [2.24, 2.45) is 0 Å². The average Bonchev–Trinajstić information content (AvgIpc) is 2.19. The number of carbonyl (C=O) groups excluding carboxylic acids is 3. The Bertz CT molecular complexity index is 526. The highest BCUT2D eigenvalue weighted by molar-refractivity contribution is 9.10. The zero-order valence-electron chi connectivity index (χ0n) is 9.45. The second kappa shape index (κ2) is 5.97. The summed E-state index contributed by atoms with van der Waals surface area (Å²) in [7, 11) is 0. The van der Waals surface area contributed by atoms with Crippen LogP contribution in [0.5, 0.6) is 11.5 Å². The van der Waals surface area contributed by atoms with E-state index in [2.05, 4.69) is 15.9 Å². The molecule has 0 spiro atoms. The molecular weight excluding hydrogens is 327 g/mol. The number of benzene rings is 1. The zero-order chi connectivity index (χ0) is 13.9. The van der Waals surface area contributed by atoms with Gasteiger partial charge in [0.15, 0.2) is 11.5 Å². The van der Waals surface area contributed by atoms with Crippen LogP contribution < -0.4 is 9.47 Å². The quantitative estimate of drug-likeness (QED) is 0.482. The summed E-state index contributed by atoms with van der Waals surface area (Å²) in [6, 6.07) is 2.75. The van der Waals surface area contributed by atoms with Crippen LogP contribution in [0.15, 0.2) is 16.6 Å². The molecule has 1 aromatic rings. The Balaban J connectivity index is 3.41. The molecule has 0 aliphatic carbocycles. The van der Waals surface area contributed by atoms with Crippen molar-refractivity contribution in [2.45, 2.75) is 13.8 Å². The van der Waals surface area contributed by atoms with Crippen LogP contribution >= 0.6 is 27.5 Å². The Hall–Kier alpha value is -1.40. The molecule has 96 valence electrons. The van der Waals surface area contributed by atoms with Crippen LogP contribution in [0, 0.1) is 0 Å². The van der Waals surface area contributed by atoms with Crippen LogP contribution in [-0.2, 0) is 9.59 Å². The first kappa shape index (κ1) is 14.7. The Morgan fingerprint density at radius 1 is 1.11 bits per heavy atom. The monoisotopic (exact) mass is 334 g/mol. The second-order valence-electron chi connectivity index (χ2n) is 3.24. The second-order valence-corrected chi connectivity index (χ2v) is 4.50. The fourth-order valence-electron chi connectivity index (χ4n) is 1.19. The molecule has 0 fully saturated rings. The van der Waals surface area contributed by atoms with Crippen LogP contribution in [0.2, 0.25) is 0 Å². The van der Waals surface area contributed by atoms with E-state index in [1.807, 2.05) is 0 Å². The molecule has 7 heteroatoms. The molecule has 0 unspecified atom stereocenters. The van der Waals surface area contributed by atoms with Gasteiger partial charge in [-0.3, -0.25) is 14.4 Å². The molecule has 18 heavy (non-hydrogen) atoms. The molecule has 1 rings (SSSR count). The number of esters is 2. The van der Waals surface area contributed by atoms with Crippen LogP contribution in [0.3, 0.4) is 0 Å². The molecule has 0 atom stereocenters. The van der Waals surface area contributed by atoms with Crippen molar-refractivity contribution in [1.82, 2.24) is 0 Å². The maximum Gasteiger partial charge on any atom is 0.308 e. The van der Waals surface area contributed by atoms with Gasteiger partial charge in [-0.2, -0.15) is 0 Å². The van der Waals surface area contributed by atoms with Crippen molar-refractivity contribution in [3.05, 3.63) is 22.2 Å². The van der Waals surface area contributed by atoms with E-state index >= 15 is 0 Å². The lowest BCUT2D eigenvalue weighted by atomic mass is 10.2. The van der Waals surface area contributed by atoms with Gasteiger partial charge in [0.1, 0.15) is 0 Å². The van der Waals surface area contributed by atoms with Crippen LogP contribution in [0.4, 0.5) is 0 Å². The summed E-state index contributed by atoms with van der Waals surface area (Å²) in [6.07, 6.45) is 0. The van der Waals surface area contributed by atoms with Crippen LogP contribution in [0.25, 0.3) is 0 Å². The highest BCUT2D eigenvalue weighted by Gasteiger charge is 2.20. The molecule has 0 aromatic heterocycles. The summed E-state index contributed by atoms with van der Waals surface area (Å²) in [5.41, 5.74) is -0.0718. The average molecular weight is 336 g/mol. The Morgan fingerprint density at radius 2 is 1.67 bits per heavy atom. The lowest BCUT2D eigenvalue weighted by Gasteiger charge is -2.11. The van der Waals surface area contributed by atoms with Gasteiger partial charge in [-0.25, -0.2) is 0 Å². The molecule has 0 radical (unpaired) electrons. The molecule has 0 aliphatic heterocycles. The standard InChI is InChI=1S/C11H8BrClO5/c1-5(14)17-9-4-7(12)3-8(11(13)16)10(9)18-6(2)15/h3-4H,1-2H3. The summed E-state index contributed by atoms with van der Waals surface area (Å²) < 4.78 is 10.2. The van der Waals surface area contributed by atoms with Crippen LogP contribution in [0.1, 0.15) is 24.2 Å². The zero-order valence-corrected chi connectivity index (χ0v) is 11.8. The molecule has 0 amide bonds. The van der Waals surface area contributed by atoms with E-state index in [1.54, 1.807) is 0 Å². The number of ether oxygens (including phenoxy) is 2. The van der Waals surface area contributed by atoms with E-state index in [-0.39, 0.29) is 17.1 Å². The lowest BCUT2D eigenvalue weighted by Crippen LogP contribution is -2.10. The van der Waals surface area contributed by atoms with E-state index in [4.69, 9.17) is 21.1 Å². The number of hydrogen-bond acceptors (Lipinski definition) is 5. The predicted molar refractivity (Wildman–Crippen MR) is 66.9 cm³/mol. The number of halogens is 2. The Morgan fingerprint density at radius 3 is 2.11 bits per heavy atom. The van der Waals surface area contributed by atoms with Crippen molar-refractivity contribution >= 4 is 44.7 Å². The van der Waals surface area contributed by atoms with Crippen molar-refractivity contribution in [3.8, 4) is 11.5 Å². The summed E-state index contributed by atoms with van der Waals surface area (Å²) in [6.45, 7) is 2.34. The molecule has 0 aliphatic rings. The van der Waals surface area contributed by atoms with Gasteiger partial charge in [-0.05, 0) is 23.7 Å². The lowest BCUT2D eigenvalue weighted by molar-refractivity contribution is -0.134. The summed E-state index contributed by atoms with van der Waals surface area (Å²) in [5, 5.41) is -0.832. The van der Waals surface area contributed by atoms with E-state index in [0.29, 0.717) is 4.47 Å². The fourth-order valence-corrected chi connectivity index (χ4v) is 1.77. The third-order valence-electron chi connectivity index (χ3n) is 1.73. The van der Waals surface area contributed by atoms with Gasteiger partial charge < -0.3 is 9.47 Å². The van der Waals surface area contributed by atoms with Gasteiger partial charge in [0.2, 0.25) is 0 Å². The SMILES string of the molecule is CC(=O)Oc1cc(Br)cc(C(=O)Cl)c1OC(C)=O. The smallest absolute Gasteiger partial charge is 0.308 e. The van der Waals surface area contributed by atoms with Gasteiger partial charge in [-0.15, -0.1) is 0 Å². The van der Waals surface area contributed by atoms with Crippen molar-refractivity contribution < 1.29 is 23.9 Å². The van der Waals surface area contributed by atoms with Gasteiger partial charge in [-0.1, -0.05) is 15.9 Å². The summed E-state index contributed by atoms with van der Waals surface area (Å²) in [5.74, 6) is -1.52. The maximum absolute atomic E-state index is 11.3. The largest absolute Gasteiger partial charge is 0.423 e. The highest BCUT2D eigenvalue weighted by atomic mass is 79.9. The molecule has 0 saturated heterocycles. The Kier molecular flexibility index (Phi) is 4.86. The van der Waals surface area contributed by atoms with E-state index in [9.17, 15) is 14.4 Å². The minimum atomic E-state index is -0.832. The van der Waals surface area contributed by atoms with Gasteiger partial charge in [0, 0.05) is 18.3 Å². The third-order valence-corrected chi connectivity index (χ3v) is 2.39. The molecule has 0 heterocycles. The number of rotatable bonds is 3. The molecule has 5 nitrogen and oxygen atoms in total.